The summed E-state index contributed by atoms with van der Waals surface area (Å²) in [5.41, 5.74) is -0.265. The van der Waals surface area contributed by atoms with Crippen molar-refractivity contribution in [3.8, 4) is 0 Å². The highest BCUT2D eigenvalue weighted by Crippen LogP contribution is 2.34. The van der Waals surface area contributed by atoms with E-state index in [1.807, 2.05) is 6.07 Å². The van der Waals surface area contributed by atoms with Crippen LogP contribution in [-0.2, 0) is 6.18 Å². The van der Waals surface area contributed by atoms with Crippen LogP contribution in [0.4, 0.5) is 13.2 Å². The Labute approximate surface area is 151 Å². The van der Waals surface area contributed by atoms with E-state index in [2.05, 4.69) is 31.1 Å². The third kappa shape index (κ3) is 5.61. The summed E-state index contributed by atoms with van der Waals surface area (Å²) in [6, 6.07) is 6.52. The zero-order valence-corrected chi connectivity index (χ0v) is 15.7. The molecule has 138 valence electrons. The van der Waals surface area contributed by atoms with Gasteiger partial charge in [-0.3, -0.25) is 4.98 Å². The van der Waals surface area contributed by atoms with E-state index >= 15 is 0 Å². The van der Waals surface area contributed by atoms with Crippen molar-refractivity contribution in [1.29, 1.82) is 0 Å². The lowest BCUT2D eigenvalue weighted by Gasteiger charge is -2.22. The molecule has 1 N–H and O–H groups in total. The van der Waals surface area contributed by atoms with Crippen molar-refractivity contribution in [2.75, 3.05) is 5.75 Å². The van der Waals surface area contributed by atoms with Gasteiger partial charge in [0.15, 0.2) is 0 Å². The molecule has 2 rings (SSSR count). The van der Waals surface area contributed by atoms with Crippen molar-refractivity contribution in [2.24, 2.45) is 0 Å². The fourth-order valence-electron chi connectivity index (χ4n) is 2.70. The minimum Gasteiger partial charge on any atom is -0.311 e. The number of nitrogens with zero attached hydrogens (tertiary/aromatic N) is 1. The summed E-state index contributed by atoms with van der Waals surface area (Å²) in [7, 11) is 0. The molecule has 2 nitrogen and oxygen atoms in total. The number of alkyl halides is 3. The zero-order chi connectivity index (χ0) is 18.4. The molecule has 25 heavy (non-hydrogen) atoms. The second-order valence-corrected chi connectivity index (χ2v) is 7.37. The van der Waals surface area contributed by atoms with Crippen LogP contribution < -0.4 is 5.32 Å². The van der Waals surface area contributed by atoms with Crippen molar-refractivity contribution < 1.29 is 13.2 Å². The molecular formula is C19H25F3N2S. The second-order valence-electron chi connectivity index (χ2n) is 6.31. The second kappa shape index (κ2) is 8.90. The van der Waals surface area contributed by atoms with E-state index in [0.717, 1.165) is 47.4 Å². The van der Waals surface area contributed by atoms with E-state index in [4.69, 9.17) is 0 Å². The monoisotopic (exact) mass is 370 g/mol. The lowest BCUT2D eigenvalue weighted by atomic mass is 10.1. The van der Waals surface area contributed by atoms with Crippen molar-refractivity contribution in [3.05, 3.63) is 36.0 Å². The quantitative estimate of drug-likeness (QED) is 0.585. The van der Waals surface area contributed by atoms with Crippen LogP contribution in [0.3, 0.4) is 0 Å². The summed E-state index contributed by atoms with van der Waals surface area (Å²) in [6.07, 6.45) is 0.496. The van der Waals surface area contributed by atoms with Crippen LogP contribution in [-0.4, -0.2) is 22.8 Å². The van der Waals surface area contributed by atoms with Gasteiger partial charge in [0.25, 0.3) is 0 Å². The number of pyridine rings is 1. The fraction of sp³-hybridized carbons (Fsp3) is 0.526. The predicted octanol–water partition coefficient (Wildman–Crippen LogP) is 5.90. The standard InChI is InChI=1S/C19H25F3N2S/c1-4-6-15(24-13(3)5-2)12-25-18-9-10-23-17-11-14(19(20,21)22)7-8-16(17)18/h7-11,13,15,24H,4-6,12H2,1-3H3. The normalized spacial score (nSPS) is 14.6. The minimum absolute atomic E-state index is 0.391. The molecule has 1 heterocycles. The third-order valence-electron chi connectivity index (χ3n) is 4.24. The van der Waals surface area contributed by atoms with Crippen LogP contribution in [0.2, 0.25) is 0 Å². The number of hydrogen-bond donors (Lipinski definition) is 1. The van der Waals surface area contributed by atoms with Crippen LogP contribution in [0.25, 0.3) is 10.9 Å². The van der Waals surface area contributed by atoms with E-state index in [0.29, 0.717) is 17.6 Å². The number of fused-ring (bicyclic) bond motifs is 1. The molecule has 0 spiro atoms. The van der Waals surface area contributed by atoms with E-state index in [1.165, 1.54) is 6.07 Å². The molecule has 0 aliphatic rings. The maximum Gasteiger partial charge on any atom is 0.416 e. The summed E-state index contributed by atoms with van der Waals surface area (Å²) < 4.78 is 38.6. The summed E-state index contributed by atoms with van der Waals surface area (Å²) in [5, 5.41) is 4.41. The number of nitrogens with one attached hydrogen (secondary N) is 1. The first-order valence-corrected chi connectivity index (χ1v) is 9.68. The Bertz CT molecular complexity index is 688. The molecule has 0 saturated heterocycles. The van der Waals surface area contributed by atoms with Crippen LogP contribution in [0.1, 0.15) is 45.6 Å². The van der Waals surface area contributed by atoms with Gasteiger partial charge in [-0.05, 0) is 38.0 Å². The van der Waals surface area contributed by atoms with E-state index < -0.39 is 11.7 Å². The molecule has 0 aliphatic carbocycles. The molecule has 0 saturated carbocycles. The highest BCUT2D eigenvalue weighted by atomic mass is 32.2. The summed E-state index contributed by atoms with van der Waals surface area (Å²) in [5.74, 6) is 0.887. The highest BCUT2D eigenvalue weighted by Gasteiger charge is 2.30. The van der Waals surface area contributed by atoms with Gasteiger partial charge >= 0.3 is 6.18 Å². The summed E-state index contributed by atoms with van der Waals surface area (Å²) in [4.78, 5) is 5.09. The van der Waals surface area contributed by atoms with Gasteiger partial charge < -0.3 is 5.32 Å². The van der Waals surface area contributed by atoms with E-state index in [-0.39, 0.29) is 0 Å². The van der Waals surface area contributed by atoms with Crippen LogP contribution >= 0.6 is 11.8 Å². The lowest BCUT2D eigenvalue weighted by Crippen LogP contribution is -2.37. The summed E-state index contributed by atoms with van der Waals surface area (Å²) in [6.45, 7) is 6.49. The molecule has 1 aromatic carbocycles. The molecule has 2 atom stereocenters. The Morgan fingerprint density at radius 3 is 2.60 bits per heavy atom. The average Bonchev–Trinajstić information content (AvgIpc) is 2.58. The van der Waals surface area contributed by atoms with Crippen molar-refractivity contribution in [2.45, 2.75) is 63.2 Å². The molecule has 0 aliphatic heterocycles. The SMILES string of the molecule is CCCC(CSc1ccnc2cc(C(F)(F)F)ccc12)NC(C)CC. The van der Waals surface area contributed by atoms with Gasteiger partial charge in [0, 0.05) is 34.3 Å². The maximum absolute atomic E-state index is 12.9. The number of aromatic nitrogens is 1. The Morgan fingerprint density at radius 1 is 1.20 bits per heavy atom. The average molecular weight is 370 g/mol. The first-order chi connectivity index (χ1) is 11.8. The van der Waals surface area contributed by atoms with Crippen LogP contribution in [0.15, 0.2) is 35.4 Å². The molecule has 0 amide bonds. The van der Waals surface area contributed by atoms with Crippen molar-refractivity contribution in [1.82, 2.24) is 10.3 Å². The third-order valence-corrected chi connectivity index (χ3v) is 5.48. The van der Waals surface area contributed by atoms with Gasteiger partial charge in [-0.2, -0.15) is 13.2 Å². The molecule has 1 aromatic heterocycles. The Morgan fingerprint density at radius 2 is 1.96 bits per heavy atom. The molecule has 2 aromatic rings. The smallest absolute Gasteiger partial charge is 0.311 e. The van der Waals surface area contributed by atoms with E-state index in [1.54, 1.807) is 18.0 Å². The molecule has 6 heteroatoms. The van der Waals surface area contributed by atoms with Crippen LogP contribution in [0, 0.1) is 0 Å². The number of hydrogen-bond acceptors (Lipinski definition) is 3. The van der Waals surface area contributed by atoms with Crippen molar-refractivity contribution in [3.63, 3.8) is 0 Å². The molecule has 0 bridgehead atoms. The number of benzene rings is 1. The maximum atomic E-state index is 12.9. The zero-order valence-electron chi connectivity index (χ0n) is 14.9. The molecule has 0 radical (unpaired) electrons. The van der Waals surface area contributed by atoms with Gasteiger partial charge in [-0.15, -0.1) is 11.8 Å². The number of halogens is 3. The Kier molecular flexibility index (Phi) is 7.14. The largest absolute Gasteiger partial charge is 0.416 e. The van der Waals surface area contributed by atoms with E-state index in [9.17, 15) is 13.2 Å². The first kappa shape index (κ1) is 20.0. The van der Waals surface area contributed by atoms with Crippen molar-refractivity contribution >= 4 is 22.7 Å². The minimum atomic E-state index is -4.34. The van der Waals surface area contributed by atoms with Gasteiger partial charge in [0.05, 0.1) is 11.1 Å². The summed E-state index contributed by atoms with van der Waals surface area (Å²) >= 11 is 1.68. The fourth-order valence-corrected chi connectivity index (χ4v) is 3.83. The predicted molar refractivity (Wildman–Crippen MR) is 99.1 cm³/mol. The van der Waals surface area contributed by atoms with Gasteiger partial charge in [0.1, 0.15) is 0 Å². The topological polar surface area (TPSA) is 24.9 Å². The molecule has 2 unspecified atom stereocenters. The Balaban J connectivity index is 2.17. The van der Waals surface area contributed by atoms with Gasteiger partial charge in [0.2, 0.25) is 0 Å². The van der Waals surface area contributed by atoms with Gasteiger partial charge in [-0.1, -0.05) is 26.3 Å². The number of rotatable bonds is 8. The van der Waals surface area contributed by atoms with Crippen LogP contribution in [0.5, 0.6) is 0 Å². The molecular weight excluding hydrogens is 345 g/mol. The first-order valence-electron chi connectivity index (χ1n) is 8.70. The highest BCUT2D eigenvalue weighted by molar-refractivity contribution is 7.99. The van der Waals surface area contributed by atoms with Gasteiger partial charge in [-0.25, -0.2) is 0 Å². The Hall–Kier alpha value is -1.27. The molecule has 0 fully saturated rings. The lowest BCUT2D eigenvalue weighted by molar-refractivity contribution is -0.137. The number of thioether (sulfide) groups is 1.